The minimum Gasteiger partial charge on any atom is -0.422 e. The minimum atomic E-state index is -0.487. The van der Waals surface area contributed by atoms with E-state index < -0.39 is 5.63 Å². The number of benzene rings is 1. The average molecular weight is 261 g/mol. The van der Waals surface area contributed by atoms with E-state index in [9.17, 15) is 4.79 Å². The van der Waals surface area contributed by atoms with Crippen molar-refractivity contribution in [2.45, 2.75) is 6.92 Å². The number of aromatic nitrogens is 2. The molecule has 0 spiro atoms. The van der Waals surface area contributed by atoms with E-state index in [1.165, 1.54) is 0 Å². The first-order valence-corrected chi connectivity index (χ1v) is 5.78. The smallest absolute Gasteiger partial charge is 0.380 e. The summed E-state index contributed by atoms with van der Waals surface area (Å²) in [6.07, 6.45) is 1.62. The molecule has 1 aromatic carbocycles. The van der Waals surface area contributed by atoms with Gasteiger partial charge in [0.1, 0.15) is 5.76 Å². The molecule has 0 saturated carbocycles. The predicted molar refractivity (Wildman–Crippen MR) is 68.9 cm³/mol. The van der Waals surface area contributed by atoms with Gasteiger partial charge in [-0.2, -0.15) is 0 Å². The van der Waals surface area contributed by atoms with Gasteiger partial charge < -0.3 is 4.42 Å². The Morgan fingerprint density at radius 3 is 2.72 bits per heavy atom. The highest BCUT2D eigenvalue weighted by Crippen LogP contribution is 2.24. The van der Waals surface area contributed by atoms with E-state index >= 15 is 0 Å². The number of imidazole rings is 1. The molecule has 2 aromatic heterocycles. The molecule has 3 aromatic rings. The Morgan fingerprint density at radius 1 is 1.28 bits per heavy atom. The molecule has 5 heteroatoms. The third-order valence-corrected chi connectivity index (χ3v) is 3.18. The van der Waals surface area contributed by atoms with Crippen molar-refractivity contribution in [1.82, 2.24) is 9.38 Å². The third-order valence-electron chi connectivity index (χ3n) is 2.75. The molecule has 18 heavy (non-hydrogen) atoms. The molecule has 0 unspecified atom stereocenters. The Balaban J connectivity index is 2.43. The highest BCUT2D eigenvalue weighted by atomic mass is 35.5. The summed E-state index contributed by atoms with van der Waals surface area (Å²) in [5, 5.41) is 0.362. The van der Waals surface area contributed by atoms with E-state index in [0.717, 1.165) is 11.3 Å². The summed E-state index contributed by atoms with van der Waals surface area (Å²) in [6, 6.07) is 9.63. The van der Waals surface area contributed by atoms with Crippen molar-refractivity contribution >= 4 is 17.2 Å². The monoisotopic (exact) mass is 260 g/mol. The normalized spacial score (nSPS) is 11.0. The van der Waals surface area contributed by atoms with Gasteiger partial charge >= 0.3 is 5.63 Å². The van der Waals surface area contributed by atoms with E-state index in [4.69, 9.17) is 16.0 Å². The van der Waals surface area contributed by atoms with Crippen LogP contribution < -0.4 is 5.63 Å². The second-order valence-electron chi connectivity index (χ2n) is 3.90. The van der Waals surface area contributed by atoms with Crippen LogP contribution in [0, 0.1) is 6.92 Å². The molecule has 0 aliphatic heterocycles. The lowest BCUT2D eigenvalue weighted by molar-refractivity contribution is 0.477. The van der Waals surface area contributed by atoms with E-state index in [-0.39, 0.29) is 5.65 Å². The summed E-state index contributed by atoms with van der Waals surface area (Å²) >= 11 is 6.18. The molecular formula is C13H9ClN2O2. The molecule has 0 atom stereocenters. The predicted octanol–water partition coefficient (Wildman–Crippen LogP) is 2.92. The Bertz CT molecular complexity index is 775. The molecule has 3 rings (SSSR count). The molecular weight excluding hydrogens is 252 g/mol. The maximum Gasteiger partial charge on any atom is 0.380 e. The second-order valence-corrected chi connectivity index (χ2v) is 4.26. The fourth-order valence-electron chi connectivity index (χ4n) is 1.89. The first kappa shape index (κ1) is 11.0. The SMILES string of the molecule is Cc1oc(=O)c2ncc(-c3ccccc3)n2c1Cl. The van der Waals surface area contributed by atoms with Crippen molar-refractivity contribution in [3.8, 4) is 11.3 Å². The van der Waals surface area contributed by atoms with Crippen LogP contribution >= 0.6 is 11.6 Å². The first-order chi connectivity index (χ1) is 8.68. The molecule has 4 nitrogen and oxygen atoms in total. The van der Waals surface area contributed by atoms with Gasteiger partial charge in [0.05, 0.1) is 11.9 Å². The summed E-state index contributed by atoms with van der Waals surface area (Å²) in [5.74, 6) is 0.379. The van der Waals surface area contributed by atoms with E-state index in [1.807, 2.05) is 30.3 Å². The number of fused-ring (bicyclic) bond motifs is 1. The van der Waals surface area contributed by atoms with Gasteiger partial charge in [-0.1, -0.05) is 41.9 Å². The average Bonchev–Trinajstić information content (AvgIpc) is 2.82. The molecule has 0 aliphatic carbocycles. The summed E-state index contributed by atoms with van der Waals surface area (Å²) in [5.41, 5.74) is 1.42. The molecule has 0 N–H and O–H groups in total. The van der Waals surface area contributed by atoms with E-state index in [0.29, 0.717) is 10.9 Å². The Morgan fingerprint density at radius 2 is 2.00 bits per heavy atom. The standard InChI is InChI=1S/C13H9ClN2O2/c1-8-11(14)16-10(9-5-3-2-4-6-9)7-15-12(16)13(17)18-8/h2-7H,1H3. The lowest BCUT2D eigenvalue weighted by Crippen LogP contribution is -2.07. The van der Waals surface area contributed by atoms with Gasteiger partial charge in [0, 0.05) is 5.56 Å². The summed E-state index contributed by atoms with van der Waals surface area (Å²) in [6.45, 7) is 1.65. The minimum absolute atomic E-state index is 0.199. The van der Waals surface area contributed by atoms with Crippen molar-refractivity contribution in [3.05, 3.63) is 57.9 Å². The number of aryl methyl sites for hydroxylation is 1. The van der Waals surface area contributed by atoms with Gasteiger partial charge in [0.25, 0.3) is 0 Å². The Kier molecular flexibility index (Phi) is 2.45. The van der Waals surface area contributed by atoms with Crippen LogP contribution in [-0.2, 0) is 0 Å². The Labute approximate surface area is 107 Å². The number of hydrogen-bond acceptors (Lipinski definition) is 3. The molecule has 0 saturated heterocycles. The molecule has 0 bridgehead atoms. The topological polar surface area (TPSA) is 47.5 Å². The van der Waals surface area contributed by atoms with Crippen molar-refractivity contribution in [2.24, 2.45) is 0 Å². The van der Waals surface area contributed by atoms with E-state index in [2.05, 4.69) is 4.98 Å². The van der Waals surface area contributed by atoms with Crippen LogP contribution in [0.1, 0.15) is 5.76 Å². The zero-order valence-electron chi connectivity index (χ0n) is 9.55. The van der Waals surface area contributed by atoms with Gasteiger partial charge in [-0.15, -0.1) is 0 Å². The number of halogens is 1. The maximum atomic E-state index is 11.7. The quantitative estimate of drug-likeness (QED) is 0.676. The largest absolute Gasteiger partial charge is 0.422 e. The fraction of sp³-hybridized carbons (Fsp3) is 0.0769. The first-order valence-electron chi connectivity index (χ1n) is 5.40. The lowest BCUT2D eigenvalue weighted by Gasteiger charge is -2.04. The zero-order chi connectivity index (χ0) is 12.7. The third kappa shape index (κ3) is 1.54. The molecule has 0 amide bonds. The van der Waals surface area contributed by atoms with Gasteiger partial charge in [0.15, 0.2) is 5.15 Å². The van der Waals surface area contributed by atoms with Crippen LogP contribution in [0.4, 0.5) is 0 Å². The zero-order valence-corrected chi connectivity index (χ0v) is 10.3. The summed E-state index contributed by atoms with van der Waals surface area (Å²) < 4.78 is 6.61. The Hall–Kier alpha value is -2.07. The molecule has 0 aliphatic rings. The highest BCUT2D eigenvalue weighted by Gasteiger charge is 2.14. The number of hydrogen-bond donors (Lipinski definition) is 0. The lowest BCUT2D eigenvalue weighted by atomic mass is 10.2. The van der Waals surface area contributed by atoms with Crippen LogP contribution in [0.25, 0.3) is 16.9 Å². The van der Waals surface area contributed by atoms with Crippen molar-refractivity contribution in [2.75, 3.05) is 0 Å². The van der Waals surface area contributed by atoms with Gasteiger partial charge in [-0.25, -0.2) is 9.78 Å². The van der Waals surface area contributed by atoms with Gasteiger partial charge in [-0.05, 0) is 6.92 Å². The van der Waals surface area contributed by atoms with Crippen molar-refractivity contribution in [3.63, 3.8) is 0 Å². The number of nitrogens with zero attached hydrogens (tertiary/aromatic N) is 2. The van der Waals surface area contributed by atoms with Crippen LogP contribution in [0.15, 0.2) is 45.7 Å². The molecule has 90 valence electrons. The van der Waals surface area contributed by atoms with Crippen LogP contribution in [0.2, 0.25) is 5.15 Å². The molecule has 2 heterocycles. The van der Waals surface area contributed by atoms with E-state index in [1.54, 1.807) is 17.5 Å². The molecule has 0 radical (unpaired) electrons. The van der Waals surface area contributed by atoms with Crippen molar-refractivity contribution < 1.29 is 4.42 Å². The number of rotatable bonds is 1. The van der Waals surface area contributed by atoms with Gasteiger partial charge in [0.2, 0.25) is 5.65 Å². The second kappa shape index (κ2) is 3.99. The van der Waals surface area contributed by atoms with Crippen molar-refractivity contribution in [1.29, 1.82) is 0 Å². The molecule has 0 fully saturated rings. The summed E-state index contributed by atoms with van der Waals surface area (Å²) in [4.78, 5) is 15.8. The fourth-order valence-corrected chi connectivity index (χ4v) is 2.10. The van der Waals surface area contributed by atoms with Gasteiger partial charge in [-0.3, -0.25) is 4.40 Å². The van der Waals surface area contributed by atoms with Crippen LogP contribution in [-0.4, -0.2) is 9.38 Å². The van der Waals surface area contributed by atoms with Crippen LogP contribution in [0.5, 0.6) is 0 Å². The summed E-state index contributed by atoms with van der Waals surface area (Å²) in [7, 11) is 0. The van der Waals surface area contributed by atoms with Crippen LogP contribution in [0.3, 0.4) is 0 Å². The maximum absolute atomic E-state index is 11.7. The highest BCUT2D eigenvalue weighted by molar-refractivity contribution is 6.30.